The highest BCUT2D eigenvalue weighted by molar-refractivity contribution is 5.69. The minimum Gasteiger partial charge on any atom is -0.495 e. The fourth-order valence-electron chi connectivity index (χ4n) is 1.93. The summed E-state index contributed by atoms with van der Waals surface area (Å²) < 4.78 is 5.37. The van der Waals surface area contributed by atoms with Gasteiger partial charge in [-0.15, -0.1) is 0 Å². The molecule has 2 aromatic rings. The Kier molecular flexibility index (Phi) is 3.79. The zero-order valence-electron chi connectivity index (χ0n) is 10.6. The number of aromatic nitrogens is 1. The largest absolute Gasteiger partial charge is 0.495 e. The van der Waals surface area contributed by atoms with Gasteiger partial charge in [0.25, 0.3) is 0 Å². The molecular formula is C14H17N3O. The molecular weight excluding hydrogens is 226 g/mol. The molecule has 4 nitrogen and oxygen atoms in total. The molecule has 0 aliphatic rings. The van der Waals surface area contributed by atoms with Gasteiger partial charge in [-0.2, -0.15) is 0 Å². The molecule has 1 aromatic heterocycles. The third-order valence-corrected chi connectivity index (χ3v) is 2.87. The van der Waals surface area contributed by atoms with Gasteiger partial charge in [0.15, 0.2) is 0 Å². The minimum absolute atomic E-state index is 0.412. The van der Waals surface area contributed by atoms with Crippen LogP contribution in [-0.4, -0.2) is 19.1 Å². The van der Waals surface area contributed by atoms with Crippen LogP contribution in [0.3, 0.4) is 0 Å². The van der Waals surface area contributed by atoms with Crippen molar-refractivity contribution in [3.8, 4) is 5.75 Å². The van der Waals surface area contributed by atoms with E-state index in [2.05, 4.69) is 4.98 Å². The molecule has 1 aromatic carbocycles. The molecule has 94 valence electrons. The number of methoxy groups -OCH3 is 1. The Bertz CT molecular complexity index is 480. The number of rotatable bonds is 4. The molecule has 0 spiro atoms. The highest BCUT2D eigenvalue weighted by Crippen LogP contribution is 2.32. The van der Waals surface area contributed by atoms with Gasteiger partial charge >= 0.3 is 0 Å². The maximum Gasteiger partial charge on any atom is 0.142 e. The molecule has 0 atom stereocenters. The maximum atomic E-state index is 5.72. The van der Waals surface area contributed by atoms with Gasteiger partial charge in [0.05, 0.1) is 24.2 Å². The van der Waals surface area contributed by atoms with Crippen molar-refractivity contribution in [1.82, 2.24) is 4.98 Å². The fraction of sp³-hybridized carbons (Fsp3) is 0.214. The zero-order chi connectivity index (χ0) is 13.0. The van der Waals surface area contributed by atoms with Crippen LogP contribution in [0.4, 0.5) is 11.4 Å². The predicted octanol–water partition coefficient (Wildman–Crippen LogP) is 2.32. The van der Waals surface area contributed by atoms with Gasteiger partial charge in [-0.05, 0) is 24.3 Å². The summed E-state index contributed by atoms with van der Waals surface area (Å²) in [5.41, 5.74) is 8.56. The van der Waals surface area contributed by atoms with Crippen molar-refractivity contribution in [1.29, 1.82) is 0 Å². The Balaban J connectivity index is 2.44. The van der Waals surface area contributed by atoms with Gasteiger partial charge in [0.1, 0.15) is 5.75 Å². The highest BCUT2D eigenvalue weighted by Gasteiger charge is 2.12. The average molecular weight is 243 g/mol. The molecule has 0 amide bonds. The number of para-hydroxylation sites is 2. The quantitative estimate of drug-likeness (QED) is 0.895. The van der Waals surface area contributed by atoms with Crippen molar-refractivity contribution in [3.63, 3.8) is 0 Å². The summed E-state index contributed by atoms with van der Waals surface area (Å²) in [5.74, 6) is 0.826. The lowest BCUT2D eigenvalue weighted by Crippen LogP contribution is -2.15. The molecule has 2 rings (SSSR count). The lowest BCUT2D eigenvalue weighted by Gasteiger charge is -2.23. The van der Waals surface area contributed by atoms with Crippen LogP contribution in [0.2, 0.25) is 0 Å². The lowest BCUT2D eigenvalue weighted by molar-refractivity contribution is 0.415. The minimum atomic E-state index is 0.412. The monoisotopic (exact) mass is 243 g/mol. The van der Waals surface area contributed by atoms with E-state index in [9.17, 15) is 0 Å². The SMILES string of the molecule is COc1ccccc1N(C)c1cccnc1CN. The van der Waals surface area contributed by atoms with Crippen molar-refractivity contribution < 1.29 is 4.74 Å². The van der Waals surface area contributed by atoms with Crippen LogP contribution in [0.1, 0.15) is 5.69 Å². The van der Waals surface area contributed by atoms with E-state index in [1.165, 1.54) is 0 Å². The van der Waals surface area contributed by atoms with Crippen molar-refractivity contribution >= 4 is 11.4 Å². The second kappa shape index (κ2) is 5.51. The number of pyridine rings is 1. The number of benzene rings is 1. The average Bonchev–Trinajstić information content (AvgIpc) is 2.46. The van der Waals surface area contributed by atoms with Crippen LogP contribution in [0, 0.1) is 0 Å². The van der Waals surface area contributed by atoms with E-state index in [0.717, 1.165) is 22.8 Å². The van der Waals surface area contributed by atoms with Crippen molar-refractivity contribution in [2.45, 2.75) is 6.54 Å². The van der Waals surface area contributed by atoms with Crippen LogP contribution in [0.15, 0.2) is 42.6 Å². The molecule has 0 radical (unpaired) electrons. The van der Waals surface area contributed by atoms with E-state index >= 15 is 0 Å². The molecule has 0 saturated heterocycles. The van der Waals surface area contributed by atoms with E-state index in [1.807, 2.05) is 48.3 Å². The van der Waals surface area contributed by atoms with Crippen LogP contribution in [-0.2, 0) is 6.54 Å². The number of ether oxygens (including phenoxy) is 1. The first-order chi connectivity index (χ1) is 8.77. The van der Waals surface area contributed by atoms with Crippen LogP contribution in [0.5, 0.6) is 5.75 Å². The summed E-state index contributed by atoms with van der Waals surface area (Å²) in [5, 5.41) is 0. The number of nitrogens with zero attached hydrogens (tertiary/aromatic N) is 2. The second-order valence-electron chi connectivity index (χ2n) is 3.90. The summed E-state index contributed by atoms with van der Waals surface area (Å²) >= 11 is 0. The molecule has 0 aliphatic carbocycles. The first-order valence-corrected chi connectivity index (χ1v) is 5.78. The van der Waals surface area contributed by atoms with Crippen LogP contribution in [0.25, 0.3) is 0 Å². The van der Waals surface area contributed by atoms with Gasteiger partial charge in [0, 0.05) is 19.8 Å². The Hall–Kier alpha value is -2.07. The highest BCUT2D eigenvalue weighted by atomic mass is 16.5. The number of hydrogen-bond acceptors (Lipinski definition) is 4. The van der Waals surface area contributed by atoms with E-state index < -0.39 is 0 Å². The molecule has 0 fully saturated rings. The normalized spacial score (nSPS) is 10.2. The molecule has 0 bridgehead atoms. The summed E-state index contributed by atoms with van der Waals surface area (Å²) in [6.45, 7) is 0.412. The molecule has 0 aliphatic heterocycles. The van der Waals surface area contributed by atoms with Gasteiger partial charge in [-0.3, -0.25) is 4.98 Å². The van der Waals surface area contributed by atoms with Crippen molar-refractivity contribution in [2.24, 2.45) is 5.73 Å². The van der Waals surface area contributed by atoms with Gasteiger partial charge in [-0.1, -0.05) is 12.1 Å². The van der Waals surface area contributed by atoms with E-state index in [4.69, 9.17) is 10.5 Å². The second-order valence-corrected chi connectivity index (χ2v) is 3.90. The Labute approximate surface area is 107 Å². The third-order valence-electron chi connectivity index (χ3n) is 2.87. The van der Waals surface area contributed by atoms with Crippen LogP contribution >= 0.6 is 0 Å². The van der Waals surface area contributed by atoms with E-state index in [-0.39, 0.29) is 0 Å². The molecule has 18 heavy (non-hydrogen) atoms. The van der Waals surface area contributed by atoms with Crippen LogP contribution < -0.4 is 15.4 Å². The Morgan fingerprint density at radius 2 is 1.89 bits per heavy atom. The molecule has 0 saturated carbocycles. The van der Waals surface area contributed by atoms with E-state index in [1.54, 1.807) is 13.3 Å². The standard InChI is InChI=1S/C14H17N3O/c1-17(12-7-5-9-16-11(12)10-15)13-6-3-4-8-14(13)18-2/h3-9H,10,15H2,1-2H3. The lowest BCUT2D eigenvalue weighted by atomic mass is 10.2. The molecule has 0 unspecified atom stereocenters. The first-order valence-electron chi connectivity index (χ1n) is 5.78. The molecule has 2 N–H and O–H groups in total. The summed E-state index contributed by atoms with van der Waals surface area (Å²) in [6, 6.07) is 11.8. The Morgan fingerprint density at radius 1 is 1.17 bits per heavy atom. The number of anilines is 2. The van der Waals surface area contributed by atoms with Gasteiger partial charge in [-0.25, -0.2) is 0 Å². The van der Waals surface area contributed by atoms with Gasteiger partial charge < -0.3 is 15.4 Å². The number of nitrogens with two attached hydrogens (primary N) is 1. The Morgan fingerprint density at radius 3 is 2.61 bits per heavy atom. The maximum absolute atomic E-state index is 5.72. The fourth-order valence-corrected chi connectivity index (χ4v) is 1.93. The zero-order valence-corrected chi connectivity index (χ0v) is 10.6. The smallest absolute Gasteiger partial charge is 0.142 e. The third kappa shape index (κ3) is 2.28. The molecule has 4 heteroatoms. The van der Waals surface area contributed by atoms with Crippen molar-refractivity contribution in [2.75, 3.05) is 19.1 Å². The topological polar surface area (TPSA) is 51.4 Å². The van der Waals surface area contributed by atoms with Crippen molar-refractivity contribution in [3.05, 3.63) is 48.3 Å². The molecule has 1 heterocycles. The first kappa shape index (κ1) is 12.4. The summed E-state index contributed by atoms with van der Waals surface area (Å²) in [6.07, 6.45) is 1.75. The van der Waals surface area contributed by atoms with Gasteiger partial charge in [0.2, 0.25) is 0 Å². The summed E-state index contributed by atoms with van der Waals surface area (Å²) in [7, 11) is 3.65. The number of hydrogen-bond donors (Lipinski definition) is 1. The predicted molar refractivity (Wildman–Crippen MR) is 73.2 cm³/mol. The van der Waals surface area contributed by atoms with E-state index in [0.29, 0.717) is 6.54 Å². The summed E-state index contributed by atoms with van der Waals surface area (Å²) in [4.78, 5) is 6.33.